The number of aliphatic hydroxyl groups excluding tert-OH is 1. The molecule has 0 atom stereocenters. The summed E-state index contributed by atoms with van der Waals surface area (Å²) in [6, 6.07) is 10.3. The normalized spacial score (nSPS) is 14.2. The van der Waals surface area contributed by atoms with E-state index in [9.17, 15) is 5.11 Å². The van der Waals surface area contributed by atoms with Gasteiger partial charge in [0.25, 0.3) is 0 Å². The Morgan fingerprint density at radius 1 is 1.12 bits per heavy atom. The van der Waals surface area contributed by atoms with Crippen molar-refractivity contribution in [2.75, 3.05) is 11.9 Å². The first-order valence-corrected chi connectivity index (χ1v) is 5.85. The number of benzene rings is 2. The predicted octanol–water partition coefficient (Wildman–Crippen LogP) is 3.55. The SMILES string of the molecule is CCNc1ccc2cccc3c2c1[C](O)C=C3. The summed E-state index contributed by atoms with van der Waals surface area (Å²) < 4.78 is 0. The molecule has 0 saturated heterocycles. The van der Waals surface area contributed by atoms with Gasteiger partial charge in [-0.1, -0.05) is 30.3 Å². The average Bonchev–Trinajstić information content (AvgIpc) is 2.35. The van der Waals surface area contributed by atoms with Gasteiger partial charge in [0, 0.05) is 17.8 Å². The summed E-state index contributed by atoms with van der Waals surface area (Å²) in [5.41, 5.74) is 3.08. The van der Waals surface area contributed by atoms with Gasteiger partial charge in [0.15, 0.2) is 0 Å². The van der Waals surface area contributed by atoms with Crippen LogP contribution in [0.4, 0.5) is 5.69 Å². The van der Waals surface area contributed by atoms with Gasteiger partial charge >= 0.3 is 0 Å². The molecule has 0 amide bonds. The summed E-state index contributed by atoms with van der Waals surface area (Å²) in [5, 5.41) is 15.7. The lowest BCUT2D eigenvalue weighted by Gasteiger charge is -2.20. The maximum atomic E-state index is 10.1. The van der Waals surface area contributed by atoms with E-state index in [1.165, 1.54) is 0 Å². The maximum Gasteiger partial charge on any atom is 0.147 e. The second-order valence-corrected chi connectivity index (χ2v) is 4.18. The number of anilines is 1. The zero-order valence-corrected chi connectivity index (χ0v) is 9.70. The smallest absolute Gasteiger partial charge is 0.147 e. The minimum absolute atomic E-state index is 0.338. The molecule has 0 bridgehead atoms. The molecule has 2 N–H and O–H groups in total. The third-order valence-electron chi connectivity index (χ3n) is 3.12. The minimum Gasteiger partial charge on any atom is -0.385 e. The Hall–Kier alpha value is -1.80. The first-order valence-electron chi connectivity index (χ1n) is 5.85. The summed E-state index contributed by atoms with van der Waals surface area (Å²) >= 11 is 0. The summed E-state index contributed by atoms with van der Waals surface area (Å²) in [5.74, 6) is 0. The van der Waals surface area contributed by atoms with Crippen molar-refractivity contribution in [2.24, 2.45) is 0 Å². The molecule has 0 aliphatic heterocycles. The average molecular weight is 224 g/mol. The van der Waals surface area contributed by atoms with Gasteiger partial charge in [-0.05, 0) is 35.4 Å². The monoisotopic (exact) mass is 224 g/mol. The van der Waals surface area contributed by atoms with Gasteiger partial charge in [-0.2, -0.15) is 0 Å². The fourth-order valence-corrected chi connectivity index (χ4v) is 2.40. The molecule has 1 radical (unpaired) electrons. The maximum absolute atomic E-state index is 10.1. The topological polar surface area (TPSA) is 32.3 Å². The molecule has 85 valence electrons. The second kappa shape index (κ2) is 3.90. The fourth-order valence-electron chi connectivity index (χ4n) is 2.40. The highest BCUT2D eigenvalue weighted by Gasteiger charge is 2.19. The first-order chi connectivity index (χ1) is 8.31. The van der Waals surface area contributed by atoms with E-state index in [1.54, 1.807) is 6.08 Å². The van der Waals surface area contributed by atoms with Crippen molar-refractivity contribution in [3.05, 3.63) is 53.6 Å². The zero-order chi connectivity index (χ0) is 11.8. The van der Waals surface area contributed by atoms with Crippen molar-refractivity contribution in [3.8, 4) is 0 Å². The van der Waals surface area contributed by atoms with Crippen LogP contribution in [0.3, 0.4) is 0 Å². The van der Waals surface area contributed by atoms with Crippen LogP contribution in [0.2, 0.25) is 0 Å². The van der Waals surface area contributed by atoms with Crippen LogP contribution in [-0.2, 0) is 0 Å². The van der Waals surface area contributed by atoms with Crippen molar-refractivity contribution in [1.82, 2.24) is 0 Å². The predicted molar refractivity (Wildman–Crippen MR) is 71.4 cm³/mol. The van der Waals surface area contributed by atoms with Crippen molar-refractivity contribution in [1.29, 1.82) is 0 Å². The molecule has 17 heavy (non-hydrogen) atoms. The van der Waals surface area contributed by atoms with Crippen LogP contribution in [0.5, 0.6) is 0 Å². The molecular weight excluding hydrogens is 210 g/mol. The minimum atomic E-state index is 0.338. The van der Waals surface area contributed by atoms with Gasteiger partial charge in [0.05, 0.1) is 0 Å². The second-order valence-electron chi connectivity index (χ2n) is 4.18. The van der Waals surface area contributed by atoms with E-state index in [0.717, 1.165) is 34.1 Å². The van der Waals surface area contributed by atoms with Gasteiger partial charge in [-0.25, -0.2) is 0 Å². The van der Waals surface area contributed by atoms with Gasteiger partial charge in [-0.3, -0.25) is 0 Å². The van der Waals surface area contributed by atoms with E-state index in [0.29, 0.717) is 6.10 Å². The molecule has 0 aromatic heterocycles. The molecule has 0 heterocycles. The Morgan fingerprint density at radius 2 is 2.00 bits per heavy atom. The third-order valence-corrected chi connectivity index (χ3v) is 3.12. The molecule has 0 spiro atoms. The summed E-state index contributed by atoms with van der Waals surface area (Å²) in [6.45, 7) is 2.90. The number of nitrogens with one attached hydrogen (secondary N) is 1. The third kappa shape index (κ3) is 1.53. The van der Waals surface area contributed by atoms with Gasteiger partial charge in [0.1, 0.15) is 6.10 Å². The van der Waals surface area contributed by atoms with Crippen LogP contribution in [0.15, 0.2) is 36.4 Å². The molecule has 0 fully saturated rings. The number of hydrogen-bond acceptors (Lipinski definition) is 2. The standard InChI is InChI=1S/C15H14NO/c1-2-16-12-8-6-10-4-3-5-11-7-9-13(17)15(12)14(10)11/h3-9,16-17H,2H2,1H3. The number of aliphatic hydroxyl groups is 1. The van der Waals surface area contributed by atoms with E-state index in [1.807, 2.05) is 18.2 Å². The Morgan fingerprint density at radius 3 is 2.82 bits per heavy atom. The molecule has 1 aliphatic carbocycles. The number of rotatable bonds is 2. The Bertz CT molecular complexity index is 601. The molecule has 1 aliphatic rings. The Kier molecular flexibility index (Phi) is 2.37. The van der Waals surface area contributed by atoms with E-state index < -0.39 is 0 Å². The zero-order valence-electron chi connectivity index (χ0n) is 9.70. The molecule has 2 aromatic carbocycles. The lowest BCUT2D eigenvalue weighted by atomic mass is 9.90. The van der Waals surface area contributed by atoms with E-state index in [4.69, 9.17) is 0 Å². The van der Waals surface area contributed by atoms with Crippen LogP contribution in [-0.4, -0.2) is 11.7 Å². The molecule has 3 rings (SSSR count). The highest BCUT2D eigenvalue weighted by molar-refractivity contribution is 6.00. The van der Waals surface area contributed by atoms with E-state index >= 15 is 0 Å². The van der Waals surface area contributed by atoms with Crippen LogP contribution in [0.25, 0.3) is 16.8 Å². The fraction of sp³-hybridized carbons (Fsp3) is 0.133. The largest absolute Gasteiger partial charge is 0.385 e. The summed E-state index contributed by atoms with van der Waals surface area (Å²) in [7, 11) is 0. The number of hydrogen-bond donors (Lipinski definition) is 2. The van der Waals surface area contributed by atoms with Crippen molar-refractivity contribution in [3.63, 3.8) is 0 Å². The molecule has 2 nitrogen and oxygen atoms in total. The van der Waals surface area contributed by atoms with Crippen molar-refractivity contribution >= 4 is 22.5 Å². The molecule has 2 heteroatoms. The highest BCUT2D eigenvalue weighted by Crippen LogP contribution is 2.37. The summed E-state index contributed by atoms with van der Waals surface area (Å²) in [6.07, 6.45) is 4.06. The van der Waals surface area contributed by atoms with Gasteiger partial charge in [0.2, 0.25) is 0 Å². The van der Waals surface area contributed by atoms with Gasteiger partial charge < -0.3 is 10.4 Å². The summed E-state index contributed by atoms with van der Waals surface area (Å²) in [4.78, 5) is 0. The van der Waals surface area contributed by atoms with Crippen molar-refractivity contribution in [2.45, 2.75) is 6.92 Å². The molecular formula is C15H14NO. The highest BCUT2D eigenvalue weighted by atomic mass is 16.3. The van der Waals surface area contributed by atoms with Crippen LogP contribution >= 0.6 is 0 Å². The van der Waals surface area contributed by atoms with Gasteiger partial charge in [-0.15, -0.1) is 0 Å². The van der Waals surface area contributed by atoms with Crippen LogP contribution in [0.1, 0.15) is 18.1 Å². The Labute approximate surface area is 101 Å². The van der Waals surface area contributed by atoms with Crippen LogP contribution < -0.4 is 5.32 Å². The van der Waals surface area contributed by atoms with Crippen molar-refractivity contribution < 1.29 is 5.11 Å². The van der Waals surface area contributed by atoms with E-state index in [2.05, 4.69) is 30.4 Å². The lowest BCUT2D eigenvalue weighted by molar-refractivity contribution is 0.365. The lowest BCUT2D eigenvalue weighted by Crippen LogP contribution is -2.07. The molecule has 0 saturated carbocycles. The molecule has 2 aromatic rings. The first kappa shape index (κ1) is 10.4. The Balaban J connectivity index is 2.37. The van der Waals surface area contributed by atoms with E-state index in [-0.39, 0.29) is 0 Å². The quantitative estimate of drug-likeness (QED) is 0.817. The molecule has 0 unspecified atom stereocenters. The van der Waals surface area contributed by atoms with Crippen LogP contribution in [0, 0.1) is 6.10 Å².